The van der Waals surface area contributed by atoms with Gasteiger partial charge in [0.1, 0.15) is 11.8 Å². The summed E-state index contributed by atoms with van der Waals surface area (Å²) < 4.78 is 5.68. The molecule has 0 spiro atoms. The Hall–Kier alpha value is -2.93. The van der Waals surface area contributed by atoms with E-state index in [4.69, 9.17) is 10.00 Å². The maximum absolute atomic E-state index is 9.00. The normalized spacial score (nSPS) is 10.1. The second-order valence-corrected chi connectivity index (χ2v) is 3.94. The van der Waals surface area contributed by atoms with Crippen molar-refractivity contribution in [2.75, 3.05) is 0 Å². The summed E-state index contributed by atoms with van der Waals surface area (Å²) in [5.41, 5.74) is 1.30. The van der Waals surface area contributed by atoms with Crippen LogP contribution >= 0.6 is 0 Å². The Kier molecular flexibility index (Phi) is 2.79. The Morgan fingerprint density at radius 3 is 2.95 bits per heavy atom. The standard InChI is InChI=1S/C15H9N3O/c16-9-12-5-7-17-10-15(12)19-13-4-3-11-2-1-6-18-14(11)8-13/h1-8,10H. The lowest BCUT2D eigenvalue weighted by atomic mass is 10.2. The fourth-order valence-corrected chi connectivity index (χ4v) is 1.79. The van der Waals surface area contributed by atoms with Gasteiger partial charge in [0, 0.05) is 23.8 Å². The van der Waals surface area contributed by atoms with Gasteiger partial charge in [-0.05, 0) is 24.3 Å². The van der Waals surface area contributed by atoms with E-state index in [1.807, 2.05) is 30.3 Å². The SMILES string of the molecule is N#Cc1ccncc1Oc1ccc2cccnc2c1. The molecule has 0 aliphatic rings. The Balaban J connectivity index is 1.99. The van der Waals surface area contributed by atoms with Gasteiger partial charge in [0.2, 0.25) is 0 Å². The molecule has 0 amide bonds. The first-order valence-corrected chi connectivity index (χ1v) is 5.73. The van der Waals surface area contributed by atoms with Gasteiger partial charge >= 0.3 is 0 Å². The fourth-order valence-electron chi connectivity index (χ4n) is 1.79. The number of fused-ring (bicyclic) bond motifs is 1. The molecule has 19 heavy (non-hydrogen) atoms. The van der Waals surface area contributed by atoms with Crippen LogP contribution < -0.4 is 4.74 Å². The molecule has 0 bridgehead atoms. The molecule has 0 N–H and O–H groups in total. The van der Waals surface area contributed by atoms with Gasteiger partial charge in [-0.2, -0.15) is 5.26 Å². The number of rotatable bonds is 2. The third-order valence-electron chi connectivity index (χ3n) is 2.71. The average molecular weight is 247 g/mol. The first-order valence-electron chi connectivity index (χ1n) is 5.73. The minimum Gasteiger partial charge on any atom is -0.454 e. The van der Waals surface area contributed by atoms with Gasteiger partial charge in [-0.15, -0.1) is 0 Å². The maximum atomic E-state index is 9.00. The van der Waals surface area contributed by atoms with E-state index in [9.17, 15) is 0 Å². The van der Waals surface area contributed by atoms with Crippen LogP contribution in [0.2, 0.25) is 0 Å². The molecule has 0 aliphatic heterocycles. The minimum absolute atomic E-state index is 0.445. The number of pyridine rings is 2. The van der Waals surface area contributed by atoms with Crippen LogP contribution in [0, 0.1) is 11.3 Å². The lowest BCUT2D eigenvalue weighted by Crippen LogP contribution is -1.89. The summed E-state index contributed by atoms with van der Waals surface area (Å²) >= 11 is 0. The first-order chi connectivity index (χ1) is 9.36. The predicted molar refractivity (Wildman–Crippen MR) is 70.8 cm³/mol. The molecule has 0 radical (unpaired) electrons. The third kappa shape index (κ3) is 2.22. The largest absolute Gasteiger partial charge is 0.454 e. The van der Waals surface area contributed by atoms with Crippen LogP contribution in [0.5, 0.6) is 11.5 Å². The second kappa shape index (κ2) is 4.75. The number of benzene rings is 1. The van der Waals surface area contributed by atoms with Crippen LogP contribution in [0.4, 0.5) is 0 Å². The number of nitrogens with zero attached hydrogens (tertiary/aromatic N) is 3. The molecule has 0 saturated carbocycles. The lowest BCUT2D eigenvalue weighted by Gasteiger charge is -2.07. The van der Waals surface area contributed by atoms with Crippen LogP contribution in [-0.4, -0.2) is 9.97 Å². The van der Waals surface area contributed by atoms with Crippen LogP contribution in [0.15, 0.2) is 55.0 Å². The zero-order chi connectivity index (χ0) is 13.1. The molecule has 90 valence electrons. The molecule has 0 unspecified atom stereocenters. The summed E-state index contributed by atoms with van der Waals surface area (Å²) in [6, 6.07) is 13.2. The summed E-state index contributed by atoms with van der Waals surface area (Å²) in [6.45, 7) is 0. The molecule has 0 saturated heterocycles. The molecule has 0 fully saturated rings. The molecule has 0 aliphatic carbocycles. The van der Waals surface area contributed by atoms with Crippen LogP contribution in [0.25, 0.3) is 10.9 Å². The van der Waals surface area contributed by atoms with E-state index in [-0.39, 0.29) is 0 Å². The van der Waals surface area contributed by atoms with Crippen molar-refractivity contribution < 1.29 is 4.74 Å². The van der Waals surface area contributed by atoms with Crippen LogP contribution in [0.1, 0.15) is 5.56 Å². The Labute approximate surface area is 109 Å². The third-order valence-corrected chi connectivity index (χ3v) is 2.71. The second-order valence-electron chi connectivity index (χ2n) is 3.94. The highest BCUT2D eigenvalue weighted by atomic mass is 16.5. The summed E-state index contributed by atoms with van der Waals surface area (Å²) in [4.78, 5) is 8.23. The van der Waals surface area contributed by atoms with Crippen molar-refractivity contribution in [1.29, 1.82) is 5.26 Å². The van der Waals surface area contributed by atoms with E-state index < -0.39 is 0 Å². The Morgan fingerprint density at radius 1 is 1.11 bits per heavy atom. The van der Waals surface area contributed by atoms with Crippen molar-refractivity contribution >= 4 is 10.9 Å². The van der Waals surface area contributed by atoms with Crippen molar-refractivity contribution in [3.63, 3.8) is 0 Å². The van der Waals surface area contributed by atoms with Crippen LogP contribution in [0.3, 0.4) is 0 Å². The summed E-state index contributed by atoms with van der Waals surface area (Å²) in [5.74, 6) is 1.08. The average Bonchev–Trinajstić information content (AvgIpc) is 2.48. The van der Waals surface area contributed by atoms with E-state index >= 15 is 0 Å². The summed E-state index contributed by atoms with van der Waals surface area (Å²) in [7, 11) is 0. The predicted octanol–water partition coefficient (Wildman–Crippen LogP) is 3.29. The first kappa shape index (κ1) is 11.2. The van der Waals surface area contributed by atoms with Crippen LogP contribution in [-0.2, 0) is 0 Å². The molecule has 3 rings (SSSR count). The van der Waals surface area contributed by atoms with Gasteiger partial charge in [0.15, 0.2) is 5.75 Å². The maximum Gasteiger partial charge on any atom is 0.163 e. The van der Waals surface area contributed by atoms with Gasteiger partial charge in [-0.1, -0.05) is 6.07 Å². The van der Waals surface area contributed by atoms with Gasteiger partial charge in [0.05, 0.1) is 17.3 Å². The fraction of sp³-hybridized carbons (Fsp3) is 0. The number of aromatic nitrogens is 2. The molecule has 2 aromatic heterocycles. The zero-order valence-corrected chi connectivity index (χ0v) is 9.95. The highest BCUT2D eigenvalue weighted by Crippen LogP contribution is 2.26. The van der Waals surface area contributed by atoms with Gasteiger partial charge < -0.3 is 4.74 Å². The molecule has 4 nitrogen and oxygen atoms in total. The van der Waals surface area contributed by atoms with E-state index in [2.05, 4.69) is 16.0 Å². The van der Waals surface area contributed by atoms with Crippen molar-refractivity contribution in [2.24, 2.45) is 0 Å². The monoisotopic (exact) mass is 247 g/mol. The number of ether oxygens (including phenoxy) is 1. The van der Waals surface area contributed by atoms with Crippen molar-refractivity contribution in [2.45, 2.75) is 0 Å². The van der Waals surface area contributed by atoms with Crippen molar-refractivity contribution in [3.05, 3.63) is 60.6 Å². The highest BCUT2D eigenvalue weighted by molar-refractivity contribution is 5.79. The molecule has 2 heterocycles. The van der Waals surface area contributed by atoms with Gasteiger partial charge in [-0.3, -0.25) is 9.97 Å². The van der Waals surface area contributed by atoms with E-state index in [0.717, 1.165) is 10.9 Å². The molecule has 0 atom stereocenters. The van der Waals surface area contributed by atoms with Crippen molar-refractivity contribution in [3.8, 4) is 17.6 Å². The Morgan fingerprint density at radius 2 is 2.05 bits per heavy atom. The quantitative estimate of drug-likeness (QED) is 0.697. The number of hydrogen-bond donors (Lipinski definition) is 0. The van der Waals surface area contributed by atoms with E-state index in [1.54, 1.807) is 18.5 Å². The summed E-state index contributed by atoms with van der Waals surface area (Å²) in [6.07, 6.45) is 4.82. The topological polar surface area (TPSA) is 58.8 Å². The Bertz CT molecular complexity index is 777. The molecule has 4 heteroatoms. The number of hydrogen-bond acceptors (Lipinski definition) is 4. The highest BCUT2D eigenvalue weighted by Gasteiger charge is 2.05. The molecular formula is C15H9N3O. The van der Waals surface area contributed by atoms with E-state index in [1.165, 1.54) is 6.20 Å². The van der Waals surface area contributed by atoms with E-state index in [0.29, 0.717) is 17.1 Å². The van der Waals surface area contributed by atoms with Crippen molar-refractivity contribution in [1.82, 2.24) is 9.97 Å². The molecule has 1 aromatic carbocycles. The van der Waals surface area contributed by atoms with Gasteiger partial charge in [0.25, 0.3) is 0 Å². The zero-order valence-electron chi connectivity index (χ0n) is 9.95. The van der Waals surface area contributed by atoms with Gasteiger partial charge in [-0.25, -0.2) is 0 Å². The summed E-state index contributed by atoms with van der Waals surface area (Å²) in [5, 5.41) is 10.0. The number of nitriles is 1. The molecular weight excluding hydrogens is 238 g/mol. The smallest absolute Gasteiger partial charge is 0.163 e. The minimum atomic E-state index is 0.445. The molecule has 3 aromatic rings. The lowest BCUT2D eigenvalue weighted by molar-refractivity contribution is 0.479.